The molecule has 2 aromatic rings. The van der Waals surface area contributed by atoms with Gasteiger partial charge < -0.3 is 5.32 Å². The summed E-state index contributed by atoms with van der Waals surface area (Å²) in [4.78, 5) is 37.9. The molecule has 2 atom stereocenters. The maximum absolute atomic E-state index is 12.5. The van der Waals surface area contributed by atoms with E-state index in [1.165, 1.54) is 0 Å². The highest BCUT2D eigenvalue weighted by Crippen LogP contribution is 2.28. The number of fused-ring (bicyclic) bond motifs is 1. The number of hydrogen-bond donors (Lipinski definition) is 1. The van der Waals surface area contributed by atoms with E-state index in [1.807, 2.05) is 30.3 Å². The van der Waals surface area contributed by atoms with Crippen LogP contribution in [0.1, 0.15) is 26.3 Å². The summed E-state index contributed by atoms with van der Waals surface area (Å²) in [5.41, 5.74) is 1.47. The third kappa shape index (κ3) is 2.09. The van der Waals surface area contributed by atoms with Crippen LogP contribution < -0.4 is 5.32 Å². The number of hydrogen-bond acceptors (Lipinski definition) is 3. The molecule has 2 aliphatic rings. The Bertz CT molecular complexity index is 889. The van der Waals surface area contributed by atoms with Gasteiger partial charge in [0.2, 0.25) is 5.91 Å². The molecular weight excluding hydrogens is 304 g/mol. The van der Waals surface area contributed by atoms with Crippen LogP contribution in [-0.4, -0.2) is 34.7 Å². The highest BCUT2D eigenvalue weighted by Gasteiger charge is 2.51. The largest absolute Gasteiger partial charge is 0.338 e. The first-order valence-electron chi connectivity index (χ1n) is 7.51. The Hall–Kier alpha value is -3.39. The second kappa shape index (κ2) is 5.36. The highest BCUT2D eigenvalue weighted by molar-refractivity contribution is 6.23. The maximum Gasteiger partial charge on any atom is 0.262 e. The summed E-state index contributed by atoms with van der Waals surface area (Å²) < 4.78 is 0. The molecular formula is C19H12N2O3. The van der Waals surface area contributed by atoms with Crippen molar-refractivity contribution >= 4 is 17.7 Å². The van der Waals surface area contributed by atoms with Crippen LogP contribution in [0.4, 0.5) is 0 Å². The highest BCUT2D eigenvalue weighted by atomic mass is 16.2. The molecule has 0 saturated carbocycles. The number of β-lactam (4-membered cyclic amide) rings is 1. The van der Waals surface area contributed by atoms with Gasteiger partial charge in [-0.15, -0.1) is 0 Å². The van der Waals surface area contributed by atoms with Crippen LogP contribution in [-0.2, 0) is 4.79 Å². The van der Waals surface area contributed by atoms with Crippen LogP contribution in [0, 0.1) is 11.8 Å². The van der Waals surface area contributed by atoms with E-state index in [-0.39, 0.29) is 5.91 Å². The van der Waals surface area contributed by atoms with Crippen LogP contribution in [0.5, 0.6) is 0 Å². The summed E-state index contributed by atoms with van der Waals surface area (Å²) in [7, 11) is 0. The number of nitrogens with zero attached hydrogens (tertiary/aromatic N) is 1. The van der Waals surface area contributed by atoms with Gasteiger partial charge in [-0.1, -0.05) is 42.2 Å². The van der Waals surface area contributed by atoms with E-state index in [0.29, 0.717) is 11.1 Å². The van der Waals surface area contributed by atoms with Crippen LogP contribution in [0.2, 0.25) is 0 Å². The quantitative estimate of drug-likeness (QED) is 0.488. The summed E-state index contributed by atoms with van der Waals surface area (Å²) in [6.45, 7) is 0. The Morgan fingerprint density at radius 2 is 1.42 bits per heavy atom. The zero-order valence-corrected chi connectivity index (χ0v) is 12.5. The Morgan fingerprint density at radius 3 is 2.00 bits per heavy atom. The Labute approximate surface area is 138 Å². The number of nitrogens with one attached hydrogen (secondary N) is 1. The van der Waals surface area contributed by atoms with Gasteiger partial charge in [0, 0.05) is 5.56 Å². The zero-order chi connectivity index (χ0) is 16.7. The average molecular weight is 316 g/mol. The van der Waals surface area contributed by atoms with Crippen LogP contribution >= 0.6 is 0 Å². The predicted octanol–water partition coefficient (Wildman–Crippen LogP) is 1.20. The molecule has 116 valence electrons. The number of amides is 3. The molecule has 3 amide bonds. The monoisotopic (exact) mass is 316 g/mol. The van der Waals surface area contributed by atoms with Gasteiger partial charge in [-0.05, 0) is 24.3 Å². The molecule has 24 heavy (non-hydrogen) atoms. The van der Waals surface area contributed by atoms with Gasteiger partial charge in [-0.3, -0.25) is 19.3 Å². The van der Waals surface area contributed by atoms with Gasteiger partial charge in [-0.2, -0.15) is 0 Å². The molecule has 2 aliphatic heterocycles. The van der Waals surface area contributed by atoms with E-state index < -0.39 is 23.9 Å². The minimum atomic E-state index is -0.881. The molecule has 2 heterocycles. The first-order chi connectivity index (χ1) is 11.7. The van der Waals surface area contributed by atoms with Crippen molar-refractivity contribution in [2.24, 2.45) is 0 Å². The van der Waals surface area contributed by atoms with Crippen molar-refractivity contribution in [2.45, 2.75) is 12.1 Å². The van der Waals surface area contributed by atoms with Gasteiger partial charge >= 0.3 is 0 Å². The fraction of sp³-hybridized carbons (Fsp3) is 0.105. The second-order valence-electron chi connectivity index (χ2n) is 5.59. The molecule has 5 heteroatoms. The lowest BCUT2D eigenvalue weighted by Crippen LogP contribution is -2.69. The second-order valence-corrected chi connectivity index (χ2v) is 5.59. The molecule has 0 radical (unpaired) electrons. The molecule has 0 bridgehead atoms. The first kappa shape index (κ1) is 14.2. The summed E-state index contributed by atoms with van der Waals surface area (Å²) in [5.74, 6) is 4.64. The molecule has 0 spiro atoms. The number of rotatable bonds is 1. The summed E-state index contributed by atoms with van der Waals surface area (Å²) in [6, 6.07) is 14.5. The number of carbonyl (C=O) groups excluding carboxylic acids is 3. The van der Waals surface area contributed by atoms with Crippen molar-refractivity contribution in [3.05, 3.63) is 71.3 Å². The minimum absolute atomic E-state index is 0.331. The van der Waals surface area contributed by atoms with Crippen molar-refractivity contribution in [2.75, 3.05) is 0 Å². The third-order valence-corrected chi connectivity index (χ3v) is 4.13. The lowest BCUT2D eigenvalue weighted by Gasteiger charge is -2.37. The van der Waals surface area contributed by atoms with Crippen LogP contribution in [0.15, 0.2) is 54.6 Å². The van der Waals surface area contributed by atoms with E-state index >= 15 is 0 Å². The van der Waals surface area contributed by atoms with Crippen molar-refractivity contribution in [1.29, 1.82) is 0 Å². The summed E-state index contributed by atoms with van der Waals surface area (Å²) in [5, 5.41) is 2.65. The van der Waals surface area contributed by atoms with Crippen molar-refractivity contribution in [3.63, 3.8) is 0 Å². The molecule has 1 saturated heterocycles. The molecule has 5 nitrogen and oxygen atoms in total. The average Bonchev–Trinajstić information content (AvgIpc) is 2.85. The third-order valence-electron chi connectivity index (χ3n) is 4.13. The Kier molecular flexibility index (Phi) is 3.17. The van der Waals surface area contributed by atoms with Gasteiger partial charge in [-0.25, -0.2) is 0 Å². The normalized spacial score (nSPS) is 21.5. The van der Waals surface area contributed by atoms with E-state index in [2.05, 4.69) is 17.2 Å². The van der Waals surface area contributed by atoms with Gasteiger partial charge in [0.15, 0.2) is 6.04 Å². The van der Waals surface area contributed by atoms with E-state index in [1.54, 1.807) is 24.3 Å². The predicted molar refractivity (Wildman–Crippen MR) is 86.0 cm³/mol. The van der Waals surface area contributed by atoms with E-state index in [4.69, 9.17) is 0 Å². The first-order valence-corrected chi connectivity index (χ1v) is 7.51. The number of carbonyl (C=O) groups is 3. The molecule has 4 rings (SSSR count). The topological polar surface area (TPSA) is 66.5 Å². The van der Waals surface area contributed by atoms with Crippen LogP contribution in [0.25, 0.3) is 0 Å². The van der Waals surface area contributed by atoms with Gasteiger partial charge in [0.25, 0.3) is 11.8 Å². The standard InChI is InChI=1S/C19H12N2O3/c22-17-16(15(20-17)11-10-12-6-2-1-3-7-12)21-18(23)13-8-4-5-9-14(13)19(21)24/h1-9,15-16H,(H,20,22)/t15-,16+/m0/s1. The van der Waals surface area contributed by atoms with Gasteiger partial charge in [0.1, 0.15) is 6.04 Å². The van der Waals surface area contributed by atoms with Gasteiger partial charge in [0.05, 0.1) is 11.1 Å². The molecule has 0 aliphatic carbocycles. The Balaban J connectivity index is 1.62. The minimum Gasteiger partial charge on any atom is -0.338 e. The molecule has 0 aromatic heterocycles. The SMILES string of the molecule is O=C1N[C@@H](C#Cc2ccccc2)[C@H]1N1C(=O)c2ccccc2C1=O. The lowest BCUT2D eigenvalue weighted by molar-refractivity contribution is -0.133. The van der Waals surface area contributed by atoms with Crippen LogP contribution in [0.3, 0.4) is 0 Å². The fourth-order valence-corrected chi connectivity index (χ4v) is 2.90. The maximum atomic E-state index is 12.5. The number of benzene rings is 2. The number of imide groups is 1. The van der Waals surface area contributed by atoms with E-state index in [9.17, 15) is 14.4 Å². The molecule has 2 aromatic carbocycles. The zero-order valence-electron chi connectivity index (χ0n) is 12.5. The summed E-state index contributed by atoms with van der Waals surface area (Å²) >= 11 is 0. The van der Waals surface area contributed by atoms with E-state index in [0.717, 1.165) is 10.5 Å². The molecule has 1 N–H and O–H groups in total. The Morgan fingerprint density at radius 1 is 0.833 bits per heavy atom. The lowest BCUT2D eigenvalue weighted by atomic mass is 9.97. The smallest absolute Gasteiger partial charge is 0.262 e. The molecule has 1 fully saturated rings. The molecule has 0 unspecified atom stereocenters. The summed E-state index contributed by atoms with van der Waals surface area (Å²) in [6.07, 6.45) is 0. The fourth-order valence-electron chi connectivity index (χ4n) is 2.90. The van der Waals surface area contributed by atoms with Crippen molar-refractivity contribution in [1.82, 2.24) is 10.2 Å². The van der Waals surface area contributed by atoms with Crippen molar-refractivity contribution in [3.8, 4) is 11.8 Å². The van der Waals surface area contributed by atoms with Crippen molar-refractivity contribution < 1.29 is 14.4 Å².